The van der Waals surface area contributed by atoms with E-state index in [9.17, 15) is 0 Å². The Morgan fingerprint density at radius 2 is 0.822 bits per heavy atom. The first kappa shape index (κ1) is 25.3. The molecule has 0 aliphatic carbocycles. The van der Waals surface area contributed by atoms with Gasteiger partial charge in [-0.1, -0.05) is 66.7 Å². The van der Waals surface area contributed by atoms with Gasteiger partial charge in [-0.25, -0.2) is 0 Å². The van der Waals surface area contributed by atoms with Crippen molar-refractivity contribution in [1.82, 2.24) is 9.97 Å². The van der Waals surface area contributed by atoms with Crippen LogP contribution in [0.3, 0.4) is 0 Å². The molecule has 0 saturated heterocycles. The number of rotatable bonds is 5. The maximum atomic E-state index is 6.26. The highest BCUT2D eigenvalue weighted by molar-refractivity contribution is 6.08. The Bertz CT molecular complexity index is 2320. The summed E-state index contributed by atoms with van der Waals surface area (Å²) in [5.41, 5.74) is 12.4. The van der Waals surface area contributed by atoms with Crippen molar-refractivity contribution in [3.8, 4) is 22.3 Å². The minimum atomic E-state index is 0.802. The van der Waals surface area contributed by atoms with Gasteiger partial charge in [0.25, 0.3) is 0 Å². The van der Waals surface area contributed by atoms with Gasteiger partial charge in [0.2, 0.25) is 0 Å². The summed E-state index contributed by atoms with van der Waals surface area (Å²) in [7, 11) is 0. The minimum absolute atomic E-state index is 0.802. The van der Waals surface area contributed by atoms with E-state index in [1.54, 1.807) is 0 Å². The van der Waals surface area contributed by atoms with Crippen molar-refractivity contribution in [2.45, 2.75) is 0 Å². The van der Waals surface area contributed by atoms with Gasteiger partial charge < -0.3 is 13.7 Å². The van der Waals surface area contributed by atoms with E-state index < -0.39 is 0 Å². The standard InChI is InChI=1S/C40H25N3O2/c1-2-8-28(9-3-1)43(29-18-14-26(15-19-29)31-22-24-41-37-33-10-4-6-12-35(33)44-39(31)37)30-20-16-27(17-21-30)32-23-25-42-38-34-11-5-7-13-36(34)45-40(32)38/h1-25H. The highest BCUT2D eigenvalue weighted by atomic mass is 16.3. The molecule has 0 spiro atoms. The van der Waals surface area contributed by atoms with Gasteiger partial charge in [-0.15, -0.1) is 0 Å². The van der Waals surface area contributed by atoms with Gasteiger partial charge in [-0.05, 0) is 83.9 Å². The van der Waals surface area contributed by atoms with Gasteiger partial charge in [0.15, 0.2) is 11.2 Å². The number of para-hydroxylation sites is 3. The van der Waals surface area contributed by atoms with E-state index >= 15 is 0 Å². The van der Waals surface area contributed by atoms with Crippen molar-refractivity contribution in [3.63, 3.8) is 0 Å². The van der Waals surface area contributed by atoms with Crippen LogP contribution in [0.2, 0.25) is 0 Å². The van der Waals surface area contributed by atoms with Gasteiger partial charge >= 0.3 is 0 Å². The van der Waals surface area contributed by atoms with E-state index in [4.69, 9.17) is 8.83 Å². The number of furan rings is 2. The van der Waals surface area contributed by atoms with E-state index in [2.05, 4.69) is 99.8 Å². The van der Waals surface area contributed by atoms with E-state index in [1.807, 2.05) is 67.0 Å². The summed E-state index contributed by atoms with van der Waals surface area (Å²) < 4.78 is 12.5. The molecule has 0 N–H and O–H groups in total. The Hall–Kier alpha value is -6.20. The lowest BCUT2D eigenvalue weighted by Gasteiger charge is -2.26. The monoisotopic (exact) mass is 579 g/mol. The van der Waals surface area contributed by atoms with Crippen LogP contribution in [-0.2, 0) is 0 Å². The van der Waals surface area contributed by atoms with Crippen molar-refractivity contribution in [3.05, 3.63) is 152 Å². The van der Waals surface area contributed by atoms with Crippen LogP contribution >= 0.6 is 0 Å². The second kappa shape index (κ2) is 10.2. The lowest BCUT2D eigenvalue weighted by molar-refractivity contribution is 0.669. The van der Waals surface area contributed by atoms with Crippen LogP contribution in [-0.4, -0.2) is 9.97 Å². The molecule has 4 aromatic heterocycles. The molecule has 0 atom stereocenters. The summed E-state index contributed by atoms with van der Waals surface area (Å²) in [4.78, 5) is 11.5. The zero-order valence-corrected chi connectivity index (χ0v) is 24.1. The summed E-state index contributed by atoms with van der Waals surface area (Å²) in [5.74, 6) is 0. The van der Waals surface area contributed by atoms with Gasteiger partial charge in [0.1, 0.15) is 22.2 Å². The zero-order chi connectivity index (χ0) is 29.7. The fraction of sp³-hybridized carbons (Fsp3) is 0. The number of pyridine rings is 2. The van der Waals surface area contributed by atoms with Crippen LogP contribution in [0.5, 0.6) is 0 Å². The van der Waals surface area contributed by atoms with Gasteiger partial charge in [-0.3, -0.25) is 9.97 Å². The van der Waals surface area contributed by atoms with Crippen LogP contribution < -0.4 is 4.90 Å². The number of benzene rings is 5. The molecule has 0 aliphatic rings. The maximum absolute atomic E-state index is 6.26. The zero-order valence-electron chi connectivity index (χ0n) is 24.1. The van der Waals surface area contributed by atoms with Gasteiger partial charge in [-0.2, -0.15) is 0 Å². The molecule has 9 rings (SSSR count). The quantitative estimate of drug-likeness (QED) is 0.203. The number of aromatic nitrogens is 2. The van der Waals surface area contributed by atoms with E-state index in [0.717, 1.165) is 83.5 Å². The third-order valence-electron chi connectivity index (χ3n) is 8.40. The first-order valence-corrected chi connectivity index (χ1v) is 14.9. The number of hydrogen-bond donors (Lipinski definition) is 0. The first-order valence-electron chi connectivity index (χ1n) is 14.9. The molecule has 0 bridgehead atoms. The van der Waals surface area contributed by atoms with Crippen molar-refractivity contribution in [2.24, 2.45) is 0 Å². The molecular weight excluding hydrogens is 554 g/mol. The molecule has 9 aromatic rings. The summed E-state index contributed by atoms with van der Waals surface area (Å²) in [6.07, 6.45) is 3.71. The molecule has 4 heterocycles. The van der Waals surface area contributed by atoms with Gasteiger partial charge in [0.05, 0.1) is 0 Å². The smallest absolute Gasteiger partial charge is 0.161 e. The third-order valence-corrected chi connectivity index (χ3v) is 8.40. The molecule has 212 valence electrons. The fourth-order valence-corrected chi connectivity index (χ4v) is 6.27. The summed E-state index contributed by atoms with van der Waals surface area (Å²) in [6.45, 7) is 0. The van der Waals surface area contributed by atoms with Crippen molar-refractivity contribution in [1.29, 1.82) is 0 Å². The van der Waals surface area contributed by atoms with E-state index in [0.29, 0.717) is 0 Å². The molecule has 45 heavy (non-hydrogen) atoms. The Labute approximate surface area is 258 Å². The second-order valence-corrected chi connectivity index (χ2v) is 11.0. The molecule has 0 saturated carbocycles. The lowest BCUT2D eigenvalue weighted by atomic mass is 10.0. The predicted molar refractivity (Wildman–Crippen MR) is 182 cm³/mol. The molecule has 0 amide bonds. The normalized spacial score (nSPS) is 11.6. The molecular formula is C40H25N3O2. The summed E-state index contributed by atoms with van der Waals surface area (Å²) in [5, 5.41) is 2.05. The number of anilines is 3. The number of nitrogens with zero attached hydrogens (tertiary/aromatic N) is 3. The van der Waals surface area contributed by atoms with Crippen LogP contribution in [0.15, 0.2) is 161 Å². The number of hydrogen-bond acceptors (Lipinski definition) is 5. The lowest BCUT2D eigenvalue weighted by Crippen LogP contribution is -2.09. The minimum Gasteiger partial charge on any atom is -0.454 e. The molecule has 0 fully saturated rings. The Kier molecular flexibility index (Phi) is 5.74. The van der Waals surface area contributed by atoms with Crippen LogP contribution in [0, 0.1) is 0 Å². The van der Waals surface area contributed by atoms with Crippen LogP contribution in [0.25, 0.3) is 66.4 Å². The predicted octanol–water partition coefficient (Wildman–Crippen LogP) is 11.1. The Balaban J connectivity index is 1.11. The average molecular weight is 580 g/mol. The van der Waals surface area contributed by atoms with Gasteiger partial charge in [0, 0.05) is 51.4 Å². The largest absolute Gasteiger partial charge is 0.454 e. The highest BCUT2D eigenvalue weighted by Crippen LogP contribution is 2.40. The molecule has 0 aliphatic heterocycles. The topological polar surface area (TPSA) is 55.3 Å². The molecule has 0 radical (unpaired) electrons. The Morgan fingerprint density at radius 3 is 1.31 bits per heavy atom. The second-order valence-electron chi connectivity index (χ2n) is 11.0. The maximum Gasteiger partial charge on any atom is 0.161 e. The van der Waals surface area contributed by atoms with Crippen molar-refractivity contribution >= 4 is 61.2 Å². The van der Waals surface area contributed by atoms with Crippen LogP contribution in [0.4, 0.5) is 17.1 Å². The first-order chi connectivity index (χ1) is 22.3. The summed E-state index contributed by atoms with van der Waals surface area (Å²) in [6, 6.07) is 47.8. The molecule has 5 heteroatoms. The third kappa shape index (κ3) is 4.17. The SMILES string of the molecule is c1ccc(N(c2ccc(-c3ccnc4c3oc3ccccc34)cc2)c2ccc(-c3ccnc4c3oc3ccccc34)cc2)cc1. The highest BCUT2D eigenvalue weighted by Gasteiger charge is 2.17. The summed E-state index contributed by atoms with van der Waals surface area (Å²) >= 11 is 0. The van der Waals surface area contributed by atoms with Crippen molar-refractivity contribution in [2.75, 3.05) is 4.90 Å². The van der Waals surface area contributed by atoms with Crippen molar-refractivity contribution < 1.29 is 8.83 Å². The fourth-order valence-electron chi connectivity index (χ4n) is 6.27. The van der Waals surface area contributed by atoms with E-state index in [1.165, 1.54) is 0 Å². The Morgan fingerprint density at radius 1 is 0.400 bits per heavy atom. The molecule has 0 unspecified atom stereocenters. The average Bonchev–Trinajstić information content (AvgIpc) is 3.68. The molecule has 5 aromatic carbocycles. The van der Waals surface area contributed by atoms with E-state index in [-0.39, 0.29) is 0 Å². The number of fused-ring (bicyclic) bond motifs is 6. The molecule has 5 nitrogen and oxygen atoms in total. The van der Waals surface area contributed by atoms with Crippen LogP contribution in [0.1, 0.15) is 0 Å².